The van der Waals surface area contributed by atoms with E-state index in [1.165, 1.54) is 0 Å². The van der Waals surface area contributed by atoms with E-state index in [9.17, 15) is 0 Å². The van der Waals surface area contributed by atoms with Gasteiger partial charge in [-0.15, -0.1) is 6.58 Å². The highest BCUT2D eigenvalue weighted by atomic mass is 14.5. The van der Waals surface area contributed by atoms with E-state index < -0.39 is 0 Å². The zero-order chi connectivity index (χ0) is 7.28. The van der Waals surface area contributed by atoms with E-state index in [4.69, 9.17) is 5.73 Å². The average Bonchev–Trinajstić information content (AvgIpc) is 1.87. The van der Waals surface area contributed by atoms with Crippen LogP contribution >= 0.6 is 0 Å². The highest BCUT2D eigenvalue weighted by Gasteiger charge is 1.90. The Kier molecular flexibility index (Phi) is 3.52. The van der Waals surface area contributed by atoms with Gasteiger partial charge in [0.15, 0.2) is 0 Å². The minimum absolute atomic E-state index is 0.819. The Morgan fingerprint density at radius 1 is 1.67 bits per heavy atom. The highest BCUT2D eigenvalue weighted by molar-refractivity contribution is 5.26. The topological polar surface area (TPSA) is 26.0 Å². The molecule has 0 atom stereocenters. The Hall–Kier alpha value is -0.980. The molecule has 0 unspecified atom stereocenters. The van der Waals surface area contributed by atoms with E-state index in [1.807, 2.05) is 13.0 Å². The van der Waals surface area contributed by atoms with Gasteiger partial charge in [0.2, 0.25) is 0 Å². The molecular weight excluding hydrogens is 110 g/mol. The van der Waals surface area contributed by atoms with Crippen LogP contribution < -0.4 is 5.73 Å². The van der Waals surface area contributed by atoms with Gasteiger partial charge in [0.25, 0.3) is 0 Å². The van der Waals surface area contributed by atoms with Crippen molar-refractivity contribution >= 4 is 0 Å². The highest BCUT2D eigenvalue weighted by Crippen LogP contribution is 2.08. The van der Waals surface area contributed by atoms with Gasteiger partial charge in [0.1, 0.15) is 0 Å². The first kappa shape index (κ1) is 8.02. The van der Waals surface area contributed by atoms with Gasteiger partial charge in [0.05, 0.1) is 0 Å². The number of rotatable bonds is 3. The zero-order valence-corrected chi connectivity index (χ0v) is 5.85. The van der Waals surface area contributed by atoms with E-state index >= 15 is 0 Å². The van der Waals surface area contributed by atoms with Gasteiger partial charge in [-0.1, -0.05) is 12.7 Å². The van der Waals surface area contributed by atoms with Gasteiger partial charge >= 0.3 is 0 Å². The molecule has 0 spiro atoms. The van der Waals surface area contributed by atoms with Crippen molar-refractivity contribution in [3.63, 3.8) is 0 Å². The third-order valence-corrected chi connectivity index (χ3v) is 1.20. The smallest absolute Gasteiger partial charge is 0.00299 e. The Morgan fingerprint density at radius 2 is 2.22 bits per heavy atom. The van der Waals surface area contributed by atoms with Crippen LogP contribution in [0.5, 0.6) is 0 Å². The largest absolute Gasteiger partial charge is 0.404 e. The molecule has 0 aliphatic rings. The van der Waals surface area contributed by atoms with Gasteiger partial charge < -0.3 is 5.73 Å². The molecule has 2 N–H and O–H groups in total. The molecular formula is C8H13N. The van der Waals surface area contributed by atoms with Crippen LogP contribution in [-0.4, -0.2) is 0 Å². The maximum Gasteiger partial charge on any atom is -0.00299 e. The van der Waals surface area contributed by atoms with Crippen LogP contribution in [0.4, 0.5) is 0 Å². The fourth-order valence-electron chi connectivity index (χ4n) is 0.453. The van der Waals surface area contributed by atoms with Gasteiger partial charge in [0, 0.05) is 0 Å². The predicted molar refractivity (Wildman–Crippen MR) is 41.9 cm³/mol. The summed E-state index contributed by atoms with van der Waals surface area (Å²) in [4.78, 5) is 0. The van der Waals surface area contributed by atoms with Crippen LogP contribution in [0.1, 0.15) is 13.3 Å². The van der Waals surface area contributed by atoms with E-state index in [0.29, 0.717) is 0 Å². The second-order valence-corrected chi connectivity index (χ2v) is 1.95. The average molecular weight is 123 g/mol. The second kappa shape index (κ2) is 3.96. The molecule has 0 aromatic rings. The van der Waals surface area contributed by atoms with E-state index in [-0.39, 0.29) is 0 Å². The summed E-state index contributed by atoms with van der Waals surface area (Å²) in [7, 11) is 0. The normalized spacial score (nSPS) is 11.0. The van der Waals surface area contributed by atoms with Crippen molar-refractivity contribution in [2.45, 2.75) is 13.3 Å². The third kappa shape index (κ3) is 2.75. The Labute approximate surface area is 56.6 Å². The maximum absolute atomic E-state index is 5.25. The van der Waals surface area contributed by atoms with Gasteiger partial charge in [-0.3, -0.25) is 0 Å². The monoisotopic (exact) mass is 123 g/mol. The molecule has 0 aliphatic carbocycles. The zero-order valence-electron chi connectivity index (χ0n) is 5.85. The second-order valence-electron chi connectivity index (χ2n) is 1.95. The molecule has 0 aromatic heterocycles. The standard InChI is InChI=1S/C8H13N/c1-4-5-7(2)8(3)6-9/h4,6H,1-2,5,9H2,3H3/b8-6-. The lowest BCUT2D eigenvalue weighted by atomic mass is 10.1. The van der Waals surface area contributed by atoms with Crippen LogP contribution in [0.15, 0.2) is 36.6 Å². The van der Waals surface area contributed by atoms with Crippen LogP contribution in [0.25, 0.3) is 0 Å². The molecule has 0 aromatic carbocycles. The lowest BCUT2D eigenvalue weighted by Gasteiger charge is -1.98. The molecule has 0 amide bonds. The Morgan fingerprint density at radius 3 is 2.56 bits per heavy atom. The minimum atomic E-state index is 0.819. The van der Waals surface area contributed by atoms with E-state index in [1.54, 1.807) is 6.20 Å². The van der Waals surface area contributed by atoms with Crippen molar-refractivity contribution in [3.05, 3.63) is 36.6 Å². The molecule has 1 heteroatoms. The molecule has 0 saturated carbocycles. The van der Waals surface area contributed by atoms with Crippen LogP contribution in [0.3, 0.4) is 0 Å². The van der Waals surface area contributed by atoms with E-state index in [2.05, 4.69) is 13.2 Å². The lowest BCUT2D eigenvalue weighted by molar-refractivity contribution is 1.21. The number of hydrogen-bond acceptors (Lipinski definition) is 1. The molecule has 0 radical (unpaired) electrons. The summed E-state index contributed by atoms with van der Waals surface area (Å²) < 4.78 is 0. The van der Waals surface area contributed by atoms with Crippen molar-refractivity contribution in [1.29, 1.82) is 0 Å². The minimum Gasteiger partial charge on any atom is -0.404 e. The first-order chi connectivity index (χ1) is 4.22. The third-order valence-electron chi connectivity index (χ3n) is 1.20. The molecule has 0 fully saturated rings. The van der Waals surface area contributed by atoms with Crippen LogP contribution in [0.2, 0.25) is 0 Å². The quantitative estimate of drug-likeness (QED) is 0.450. The number of allylic oxidation sites excluding steroid dienone is 3. The van der Waals surface area contributed by atoms with Crippen molar-refractivity contribution in [2.75, 3.05) is 0 Å². The Bertz CT molecular complexity index is 143. The van der Waals surface area contributed by atoms with Crippen molar-refractivity contribution in [2.24, 2.45) is 5.73 Å². The molecule has 50 valence electrons. The number of nitrogens with two attached hydrogens (primary N) is 1. The molecule has 0 heterocycles. The summed E-state index contributed by atoms with van der Waals surface area (Å²) in [5.74, 6) is 0. The summed E-state index contributed by atoms with van der Waals surface area (Å²) in [5, 5.41) is 0. The maximum atomic E-state index is 5.25. The molecule has 0 saturated heterocycles. The summed E-state index contributed by atoms with van der Waals surface area (Å²) in [6.45, 7) is 9.32. The fraction of sp³-hybridized carbons (Fsp3) is 0.250. The first-order valence-corrected chi connectivity index (χ1v) is 2.90. The van der Waals surface area contributed by atoms with Crippen molar-refractivity contribution in [1.82, 2.24) is 0 Å². The molecule has 0 rings (SSSR count). The molecule has 9 heavy (non-hydrogen) atoms. The lowest BCUT2D eigenvalue weighted by Crippen LogP contribution is -1.86. The van der Waals surface area contributed by atoms with Crippen molar-refractivity contribution < 1.29 is 0 Å². The summed E-state index contributed by atoms with van der Waals surface area (Å²) in [6.07, 6.45) is 4.20. The summed E-state index contributed by atoms with van der Waals surface area (Å²) in [5.41, 5.74) is 7.32. The molecule has 1 nitrogen and oxygen atoms in total. The summed E-state index contributed by atoms with van der Waals surface area (Å²) >= 11 is 0. The van der Waals surface area contributed by atoms with Gasteiger partial charge in [-0.05, 0) is 30.7 Å². The van der Waals surface area contributed by atoms with Crippen LogP contribution in [0, 0.1) is 0 Å². The Balaban J connectivity index is 3.88. The first-order valence-electron chi connectivity index (χ1n) is 2.90. The van der Waals surface area contributed by atoms with Crippen LogP contribution in [-0.2, 0) is 0 Å². The fourth-order valence-corrected chi connectivity index (χ4v) is 0.453. The van der Waals surface area contributed by atoms with Crippen molar-refractivity contribution in [3.8, 4) is 0 Å². The van der Waals surface area contributed by atoms with E-state index in [0.717, 1.165) is 17.6 Å². The van der Waals surface area contributed by atoms with Gasteiger partial charge in [-0.2, -0.15) is 0 Å². The summed E-state index contributed by atoms with van der Waals surface area (Å²) in [6, 6.07) is 0. The predicted octanol–water partition coefficient (Wildman–Crippen LogP) is 1.98. The SMILES string of the molecule is C=CCC(=C)/C(C)=C\N. The molecule has 0 bridgehead atoms. The van der Waals surface area contributed by atoms with Gasteiger partial charge in [-0.25, -0.2) is 0 Å². The number of hydrogen-bond donors (Lipinski definition) is 1. The molecule has 0 aliphatic heterocycles.